The molecule has 2 rings (SSSR count). The molecule has 2 aliphatic rings. The van der Waals surface area contributed by atoms with E-state index < -0.39 is 0 Å². The zero-order valence-corrected chi connectivity index (χ0v) is 9.99. The van der Waals surface area contributed by atoms with E-state index >= 15 is 0 Å². The molecule has 15 heavy (non-hydrogen) atoms. The van der Waals surface area contributed by atoms with Crippen molar-refractivity contribution in [1.29, 1.82) is 0 Å². The molecule has 2 heterocycles. The van der Waals surface area contributed by atoms with E-state index in [1.54, 1.807) is 0 Å². The van der Waals surface area contributed by atoms with Crippen LogP contribution in [-0.2, 0) is 4.79 Å². The van der Waals surface area contributed by atoms with E-state index in [2.05, 4.69) is 31.0 Å². The van der Waals surface area contributed by atoms with Gasteiger partial charge in [0.1, 0.15) is 0 Å². The van der Waals surface area contributed by atoms with Gasteiger partial charge in [-0.1, -0.05) is 20.8 Å². The number of carbonyl (C=O) groups excluding carboxylic acids is 1. The monoisotopic (exact) mass is 210 g/mol. The fraction of sp³-hybridized carbons (Fsp3) is 0.917. The summed E-state index contributed by atoms with van der Waals surface area (Å²) in [7, 11) is 0. The Balaban J connectivity index is 1.97. The number of likely N-dealkylation sites (tertiary alicyclic amines) is 1. The minimum atomic E-state index is 0.209. The summed E-state index contributed by atoms with van der Waals surface area (Å²) in [4.78, 5) is 14.1. The Bertz CT molecular complexity index is 252. The highest BCUT2D eigenvalue weighted by Gasteiger charge is 2.41. The van der Waals surface area contributed by atoms with Crippen molar-refractivity contribution in [2.75, 3.05) is 26.2 Å². The second-order valence-corrected chi connectivity index (χ2v) is 5.57. The van der Waals surface area contributed by atoms with Crippen LogP contribution in [0, 0.1) is 23.7 Å². The van der Waals surface area contributed by atoms with Crippen molar-refractivity contribution in [2.45, 2.75) is 20.8 Å². The van der Waals surface area contributed by atoms with Crippen molar-refractivity contribution >= 4 is 5.91 Å². The third kappa shape index (κ3) is 2.17. The van der Waals surface area contributed by atoms with Crippen LogP contribution in [0.15, 0.2) is 0 Å². The summed E-state index contributed by atoms with van der Waals surface area (Å²) in [6.45, 7) is 11.0. The van der Waals surface area contributed by atoms with Crippen LogP contribution in [0.3, 0.4) is 0 Å². The van der Waals surface area contributed by atoms with Gasteiger partial charge in [-0.2, -0.15) is 0 Å². The van der Waals surface area contributed by atoms with Crippen molar-refractivity contribution in [3.05, 3.63) is 0 Å². The summed E-state index contributed by atoms with van der Waals surface area (Å²) in [5.74, 6) is 2.47. The molecule has 2 aliphatic heterocycles. The molecule has 3 heteroatoms. The first-order valence-corrected chi connectivity index (χ1v) is 6.08. The Kier molecular flexibility index (Phi) is 3.01. The lowest BCUT2D eigenvalue weighted by molar-refractivity contribution is -0.128. The summed E-state index contributed by atoms with van der Waals surface area (Å²) in [5, 5.41) is 3.01. The molecule has 3 nitrogen and oxygen atoms in total. The molecule has 2 fully saturated rings. The number of rotatable bonds is 2. The highest BCUT2D eigenvalue weighted by atomic mass is 16.1. The zero-order chi connectivity index (χ0) is 11.0. The van der Waals surface area contributed by atoms with Gasteiger partial charge in [-0.15, -0.1) is 0 Å². The van der Waals surface area contributed by atoms with Gasteiger partial charge >= 0.3 is 0 Å². The van der Waals surface area contributed by atoms with Gasteiger partial charge in [-0.3, -0.25) is 4.79 Å². The molecule has 0 aromatic rings. The number of hydrogen-bond donors (Lipinski definition) is 1. The van der Waals surface area contributed by atoms with Crippen LogP contribution >= 0.6 is 0 Å². The Morgan fingerprint density at radius 2 is 2.20 bits per heavy atom. The number of nitrogens with one attached hydrogen (secondary N) is 1. The highest BCUT2D eigenvalue weighted by Crippen LogP contribution is 2.32. The summed E-state index contributed by atoms with van der Waals surface area (Å²) in [6, 6.07) is 0. The van der Waals surface area contributed by atoms with E-state index in [0.29, 0.717) is 11.8 Å². The molecule has 0 unspecified atom stereocenters. The largest absolute Gasteiger partial charge is 0.356 e. The fourth-order valence-electron chi connectivity index (χ4n) is 3.02. The van der Waals surface area contributed by atoms with Crippen molar-refractivity contribution in [3.8, 4) is 0 Å². The van der Waals surface area contributed by atoms with Crippen molar-refractivity contribution in [1.82, 2.24) is 10.2 Å². The summed E-state index contributed by atoms with van der Waals surface area (Å²) in [6.07, 6.45) is 0. The van der Waals surface area contributed by atoms with E-state index in [9.17, 15) is 4.79 Å². The Labute approximate surface area is 92.2 Å². The highest BCUT2D eigenvalue weighted by molar-refractivity contribution is 5.79. The molecule has 1 amide bonds. The molecule has 0 aromatic carbocycles. The lowest BCUT2D eigenvalue weighted by Crippen LogP contribution is -2.46. The van der Waals surface area contributed by atoms with E-state index in [0.717, 1.165) is 19.0 Å². The van der Waals surface area contributed by atoms with E-state index in [1.807, 2.05) is 0 Å². The Morgan fingerprint density at radius 1 is 1.47 bits per heavy atom. The third-order valence-electron chi connectivity index (χ3n) is 3.78. The number of piperidine rings is 1. The SMILES string of the molecule is CC(C)CN1C[C@@H]2CNC(=O)[C@@H](C)[C@@H]2C1. The molecule has 0 aliphatic carbocycles. The van der Waals surface area contributed by atoms with Gasteiger partial charge in [0.15, 0.2) is 0 Å². The Hall–Kier alpha value is -0.570. The normalized spacial score (nSPS) is 36.8. The molecular weight excluding hydrogens is 188 g/mol. The molecule has 3 atom stereocenters. The van der Waals surface area contributed by atoms with Crippen LogP contribution in [-0.4, -0.2) is 37.0 Å². The van der Waals surface area contributed by atoms with Crippen LogP contribution in [0.1, 0.15) is 20.8 Å². The number of nitrogens with zero attached hydrogens (tertiary/aromatic N) is 1. The minimum absolute atomic E-state index is 0.209. The predicted octanol–water partition coefficient (Wildman–Crippen LogP) is 0.956. The van der Waals surface area contributed by atoms with Crippen LogP contribution < -0.4 is 5.32 Å². The lowest BCUT2D eigenvalue weighted by atomic mass is 9.81. The van der Waals surface area contributed by atoms with Gasteiger partial charge in [0.05, 0.1) is 0 Å². The molecule has 0 saturated carbocycles. The van der Waals surface area contributed by atoms with Crippen LogP contribution in [0.2, 0.25) is 0 Å². The molecule has 1 N–H and O–H groups in total. The smallest absolute Gasteiger partial charge is 0.223 e. The van der Waals surface area contributed by atoms with Crippen molar-refractivity contribution in [2.24, 2.45) is 23.7 Å². The fourth-order valence-corrected chi connectivity index (χ4v) is 3.02. The maximum atomic E-state index is 11.5. The van der Waals surface area contributed by atoms with E-state index in [1.165, 1.54) is 13.1 Å². The second-order valence-electron chi connectivity index (χ2n) is 5.57. The maximum Gasteiger partial charge on any atom is 0.223 e. The van der Waals surface area contributed by atoms with Crippen molar-refractivity contribution in [3.63, 3.8) is 0 Å². The molecule has 0 radical (unpaired) electrons. The van der Waals surface area contributed by atoms with Gasteiger partial charge in [-0.25, -0.2) is 0 Å². The molecule has 86 valence electrons. The lowest BCUT2D eigenvalue weighted by Gasteiger charge is -2.30. The minimum Gasteiger partial charge on any atom is -0.356 e. The molecule has 2 saturated heterocycles. The van der Waals surface area contributed by atoms with E-state index in [4.69, 9.17) is 0 Å². The van der Waals surface area contributed by atoms with Crippen LogP contribution in [0.25, 0.3) is 0 Å². The van der Waals surface area contributed by atoms with Crippen molar-refractivity contribution < 1.29 is 4.79 Å². The number of carbonyl (C=O) groups is 1. The first-order valence-electron chi connectivity index (χ1n) is 6.08. The number of amides is 1. The van der Waals surface area contributed by atoms with Gasteiger partial charge in [0.2, 0.25) is 5.91 Å². The average Bonchev–Trinajstić information content (AvgIpc) is 2.54. The molecule has 0 aromatic heterocycles. The predicted molar refractivity (Wildman–Crippen MR) is 60.4 cm³/mol. The van der Waals surface area contributed by atoms with Gasteiger partial charge < -0.3 is 10.2 Å². The van der Waals surface area contributed by atoms with Gasteiger partial charge in [-0.05, 0) is 17.8 Å². The summed E-state index contributed by atoms with van der Waals surface area (Å²) in [5.41, 5.74) is 0. The zero-order valence-electron chi connectivity index (χ0n) is 9.99. The average molecular weight is 210 g/mol. The first-order chi connectivity index (χ1) is 7.08. The number of fused-ring (bicyclic) bond motifs is 1. The maximum absolute atomic E-state index is 11.5. The standard InChI is InChI=1S/C12H22N2O/c1-8(2)5-14-6-10-4-13-12(15)9(3)11(10)7-14/h8-11H,4-7H2,1-3H3,(H,13,15)/t9-,10-,11-/m0/s1. The van der Waals surface area contributed by atoms with Crippen LogP contribution in [0.4, 0.5) is 0 Å². The molecule has 0 spiro atoms. The summed E-state index contributed by atoms with van der Waals surface area (Å²) >= 11 is 0. The second kappa shape index (κ2) is 4.12. The van der Waals surface area contributed by atoms with Gasteiger partial charge in [0.25, 0.3) is 0 Å². The molecular formula is C12H22N2O. The van der Waals surface area contributed by atoms with E-state index in [-0.39, 0.29) is 11.8 Å². The molecule has 0 bridgehead atoms. The Morgan fingerprint density at radius 3 is 2.87 bits per heavy atom. The third-order valence-corrected chi connectivity index (χ3v) is 3.78. The topological polar surface area (TPSA) is 32.3 Å². The quantitative estimate of drug-likeness (QED) is 0.736. The summed E-state index contributed by atoms with van der Waals surface area (Å²) < 4.78 is 0. The van der Waals surface area contributed by atoms with Gasteiger partial charge in [0, 0.05) is 32.1 Å². The first kappa shape index (κ1) is 10.9. The number of hydrogen-bond acceptors (Lipinski definition) is 2. The van der Waals surface area contributed by atoms with Crippen LogP contribution in [0.5, 0.6) is 0 Å².